The van der Waals surface area contributed by atoms with E-state index in [-0.39, 0.29) is 0 Å². The van der Waals surface area contributed by atoms with Gasteiger partial charge in [0.05, 0.1) is 7.11 Å². The Kier molecular flexibility index (Phi) is 5.02. The SMILES string of the molecule is CCCC(CBr)c1cccc(OC)c1. The van der Waals surface area contributed by atoms with Crippen LogP contribution in [0, 0.1) is 0 Å². The summed E-state index contributed by atoms with van der Waals surface area (Å²) >= 11 is 3.56. The van der Waals surface area contributed by atoms with E-state index in [2.05, 4.69) is 41.1 Å². The molecule has 0 N–H and O–H groups in total. The first-order valence-electron chi connectivity index (χ1n) is 5.01. The number of methoxy groups -OCH3 is 1. The molecular weight excluding hydrogens is 240 g/mol. The summed E-state index contributed by atoms with van der Waals surface area (Å²) in [4.78, 5) is 0. The maximum absolute atomic E-state index is 5.21. The van der Waals surface area contributed by atoms with Gasteiger partial charge in [-0.2, -0.15) is 0 Å². The Bertz CT molecular complexity index is 273. The van der Waals surface area contributed by atoms with Gasteiger partial charge in [-0.1, -0.05) is 41.4 Å². The molecule has 14 heavy (non-hydrogen) atoms. The molecule has 78 valence electrons. The molecule has 0 radical (unpaired) electrons. The van der Waals surface area contributed by atoms with Crippen molar-refractivity contribution in [2.75, 3.05) is 12.4 Å². The van der Waals surface area contributed by atoms with E-state index >= 15 is 0 Å². The molecule has 1 aromatic rings. The zero-order valence-corrected chi connectivity index (χ0v) is 10.4. The van der Waals surface area contributed by atoms with Gasteiger partial charge in [-0.3, -0.25) is 0 Å². The fraction of sp³-hybridized carbons (Fsp3) is 0.500. The molecule has 0 amide bonds. The minimum atomic E-state index is 0.607. The standard InChI is InChI=1S/C12H17BrO/c1-3-5-11(9-13)10-6-4-7-12(8-10)14-2/h4,6-8,11H,3,5,9H2,1-2H3. The molecule has 0 fully saturated rings. The molecule has 0 saturated carbocycles. The predicted octanol–water partition coefficient (Wildman–Crippen LogP) is 3.97. The van der Waals surface area contributed by atoms with E-state index in [1.54, 1.807) is 7.11 Å². The van der Waals surface area contributed by atoms with Crippen LogP contribution in [0.2, 0.25) is 0 Å². The number of ether oxygens (including phenoxy) is 1. The maximum Gasteiger partial charge on any atom is 0.119 e. The van der Waals surface area contributed by atoms with Gasteiger partial charge >= 0.3 is 0 Å². The van der Waals surface area contributed by atoms with Crippen molar-refractivity contribution in [2.45, 2.75) is 25.7 Å². The molecule has 0 heterocycles. The highest BCUT2D eigenvalue weighted by atomic mass is 79.9. The van der Waals surface area contributed by atoms with Crippen LogP contribution in [0.5, 0.6) is 5.75 Å². The molecule has 1 unspecified atom stereocenters. The minimum absolute atomic E-state index is 0.607. The number of hydrogen-bond acceptors (Lipinski definition) is 1. The Balaban J connectivity index is 2.80. The average molecular weight is 257 g/mol. The minimum Gasteiger partial charge on any atom is -0.497 e. The maximum atomic E-state index is 5.21. The van der Waals surface area contributed by atoms with Crippen LogP contribution in [0.1, 0.15) is 31.2 Å². The van der Waals surface area contributed by atoms with Crippen molar-refractivity contribution < 1.29 is 4.74 Å². The number of alkyl halides is 1. The van der Waals surface area contributed by atoms with Crippen LogP contribution in [0.25, 0.3) is 0 Å². The third kappa shape index (κ3) is 3.02. The summed E-state index contributed by atoms with van der Waals surface area (Å²) in [6.07, 6.45) is 2.44. The molecule has 0 saturated heterocycles. The van der Waals surface area contributed by atoms with E-state index < -0.39 is 0 Å². The second-order valence-electron chi connectivity index (χ2n) is 3.42. The van der Waals surface area contributed by atoms with Crippen molar-refractivity contribution in [3.63, 3.8) is 0 Å². The highest BCUT2D eigenvalue weighted by Gasteiger charge is 2.09. The van der Waals surface area contributed by atoms with E-state index in [0.29, 0.717) is 5.92 Å². The third-order valence-electron chi connectivity index (χ3n) is 2.39. The molecule has 0 bridgehead atoms. The van der Waals surface area contributed by atoms with Gasteiger partial charge in [0, 0.05) is 5.33 Å². The lowest BCUT2D eigenvalue weighted by molar-refractivity contribution is 0.414. The molecule has 2 heteroatoms. The molecule has 0 spiro atoms. The van der Waals surface area contributed by atoms with Gasteiger partial charge in [-0.25, -0.2) is 0 Å². The molecule has 0 aliphatic heterocycles. The molecule has 1 atom stereocenters. The van der Waals surface area contributed by atoms with Crippen molar-refractivity contribution in [1.29, 1.82) is 0 Å². The summed E-state index contributed by atoms with van der Waals surface area (Å²) in [7, 11) is 1.71. The first kappa shape index (κ1) is 11.6. The number of benzene rings is 1. The summed E-state index contributed by atoms with van der Waals surface area (Å²) < 4.78 is 5.21. The Morgan fingerprint density at radius 2 is 2.21 bits per heavy atom. The third-order valence-corrected chi connectivity index (χ3v) is 3.17. The highest BCUT2D eigenvalue weighted by Crippen LogP contribution is 2.26. The van der Waals surface area contributed by atoms with Crippen LogP contribution < -0.4 is 4.74 Å². The Morgan fingerprint density at radius 1 is 1.43 bits per heavy atom. The second-order valence-corrected chi connectivity index (χ2v) is 4.06. The van der Waals surface area contributed by atoms with Gasteiger partial charge in [0.15, 0.2) is 0 Å². The molecule has 1 aromatic carbocycles. The van der Waals surface area contributed by atoms with Crippen LogP contribution in [0.4, 0.5) is 0 Å². The summed E-state index contributed by atoms with van der Waals surface area (Å²) in [6, 6.07) is 8.34. The number of halogens is 1. The quantitative estimate of drug-likeness (QED) is 0.725. The van der Waals surface area contributed by atoms with Gasteiger partial charge in [-0.15, -0.1) is 0 Å². The van der Waals surface area contributed by atoms with Gasteiger partial charge < -0.3 is 4.74 Å². The average Bonchev–Trinajstić information content (AvgIpc) is 2.26. The van der Waals surface area contributed by atoms with Crippen LogP contribution in [0.15, 0.2) is 24.3 Å². The number of rotatable bonds is 5. The second kappa shape index (κ2) is 6.07. The van der Waals surface area contributed by atoms with Crippen LogP contribution >= 0.6 is 15.9 Å². The summed E-state index contributed by atoms with van der Waals surface area (Å²) in [5, 5.41) is 1.02. The first-order chi connectivity index (χ1) is 6.81. The van der Waals surface area contributed by atoms with Crippen molar-refractivity contribution in [1.82, 2.24) is 0 Å². The van der Waals surface area contributed by atoms with E-state index in [0.717, 1.165) is 11.1 Å². The van der Waals surface area contributed by atoms with Crippen LogP contribution in [-0.2, 0) is 0 Å². The van der Waals surface area contributed by atoms with Crippen LogP contribution in [0.3, 0.4) is 0 Å². The van der Waals surface area contributed by atoms with E-state index in [9.17, 15) is 0 Å². The Morgan fingerprint density at radius 3 is 2.79 bits per heavy atom. The fourth-order valence-electron chi connectivity index (χ4n) is 1.58. The molecular formula is C12H17BrO. The van der Waals surface area contributed by atoms with Gasteiger partial charge in [0.1, 0.15) is 5.75 Å². The van der Waals surface area contributed by atoms with Gasteiger partial charge in [0.25, 0.3) is 0 Å². The first-order valence-corrected chi connectivity index (χ1v) is 6.13. The predicted molar refractivity (Wildman–Crippen MR) is 64.4 cm³/mol. The van der Waals surface area contributed by atoms with Crippen molar-refractivity contribution in [3.8, 4) is 5.75 Å². The topological polar surface area (TPSA) is 9.23 Å². The summed E-state index contributed by atoms with van der Waals surface area (Å²) in [5.41, 5.74) is 1.36. The lowest BCUT2D eigenvalue weighted by atomic mass is 9.96. The molecule has 1 nitrogen and oxygen atoms in total. The molecule has 0 aromatic heterocycles. The van der Waals surface area contributed by atoms with Gasteiger partial charge in [0.2, 0.25) is 0 Å². The lowest BCUT2D eigenvalue weighted by Crippen LogP contribution is -2.00. The lowest BCUT2D eigenvalue weighted by Gasteiger charge is -2.14. The largest absolute Gasteiger partial charge is 0.497 e. The Hall–Kier alpha value is -0.500. The summed E-state index contributed by atoms with van der Waals surface area (Å²) in [6.45, 7) is 2.22. The van der Waals surface area contributed by atoms with Gasteiger partial charge in [-0.05, 0) is 30.0 Å². The molecule has 0 aliphatic rings. The van der Waals surface area contributed by atoms with Crippen molar-refractivity contribution in [3.05, 3.63) is 29.8 Å². The monoisotopic (exact) mass is 256 g/mol. The Labute approximate surface area is 94.6 Å². The normalized spacial score (nSPS) is 12.5. The summed E-state index contributed by atoms with van der Waals surface area (Å²) in [5.74, 6) is 1.56. The van der Waals surface area contributed by atoms with E-state index in [4.69, 9.17) is 4.74 Å². The fourth-order valence-corrected chi connectivity index (χ4v) is 2.27. The van der Waals surface area contributed by atoms with Crippen LogP contribution in [-0.4, -0.2) is 12.4 Å². The van der Waals surface area contributed by atoms with E-state index in [1.165, 1.54) is 18.4 Å². The van der Waals surface area contributed by atoms with Crippen molar-refractivity contribution >= 4 is 15.9 Å². The smallest absolute Gasteiger partial charge is 0.119 e. The number of hydrogen-bond donors (Lipinski definition) is 0. The zero-order valence-electron chi connectivity index (χ0n) is 8.79. The zero-order chi connectivity index (χ0) is 10.4. The highest BCUT2D eigenvalue weighted by molar-refractivity contribution is 9.09. The van der Waals surface area contributed by atoms with Crippen molar-refractivity contribution in [2.24, 2.45) is 0 Å². The molecule has 1 rings (SSSR count). The van der Waals surface area contributed by atoms with E-state index in [1.807, 2.05) is 6.07 Å². The molecule has 0 aliphatic carbocycles.